The molecule has 3 rings (SSSR count). The molecule has 0 saturated carbocycles. The molecule has 0 aliphatic carbocycles. The normalized spacial score (nSPS) is 17.5. The average Bonchev–Trinajstić information content (AvgIpc) is 2.77. The van der Waals surface area contributed by atoms with Crippen LogP contribution in [0.5, 0.6) is 11.5 Å². The molecule has 156 valence electrons. The summed E-state index contributed by atoms with van der Waals surface area (Å²) >= 11 is 0. The van der Waals surface area contributed by atoms with Crippen molar-refractivity contribution in [1.82, 2.24) is 14.6 Å². The summed E-state index contributed by atoms with van der Waals surface area (Å²) in [5.74, 6) is 0.269. The molecular weight excluding hydrogens is 394 g/mol. The van der Waals surface area contributed by atoms with Crippen molar-refractivity contribution in [1.29, 1.82) is 0 Å². The van der Waals surface area contributed by atoms with Crippen molar-refractivity contribution in [2.24, 2.45) is 5.92 Å². The predicted molar refractivity (Wildman–Crippen MR) is 107 cm³/mol. The number of hydrogen-bond acceptors (Lipinski definition) is 6. The lowest BCUT2D eigenvalue weighted by atomic mass is 9.99. The minimum Gasteiger partial charge on any atom is -0.493 e. The smallest absolute Gasteiger partial charge is 0.243 e. The van der Waals surface area contributed by atoms with Crippen LogP contribution in [0.4, 0.5) is 0 Å². The highest BCUT2D eigenvalue weighted by atomic mass is 32.2. The fourth-order valence-corrected chi connectivity index (χ4v) is 4.87. The molecule has 1 saturated heterocycles. The number of benzene rings is 1. The van der Waals surface area contributed by atoms with E-state index in [9.17, 15) is 13.2 Å². The first kappa shape index (κ1) is 21.1. The Labute approximate surface area is 170 Å². The Morgan fingerprint density at radius 1 is 1.17 bits per heavy atom. The minimum absolute atomic E-state index is 0.119. The third kappa shape index (κ3) is 4.86. The van der Waals surface area contributed by atoms with Crippen LogP contribution in [-0.4, -0.2) is 50.9 Å². The quantitative estimate of drug-likeness (QED) is 0.735. The number of ether oxygens (including phenoxy) is 2. The van der Waals surface area contributed by atoms with Gasteiger partial charge in [0.1, 0.15) is 0 Å². The van der Waals surface area contributed by atoms with Crippen LogP contribution >= 0.6 is 0 Å². The number of hydrogen-bond donors (Lipinski definition) is 1. The summed E-state index contributed by atoms with van der Waals surface area (Å²) in [6, 6.07) is 8.16. The van der Waals surface area contributed by atoms with E-state index in [4.69, 9.17) is 9.47 Å². The molecule has 1 aromatic carbocycles. The monoisotopic (exact) mass is 419 g/mol. The molecule has 1 atom stereocenters. The molecule has 2 heterocycles. The number of sulfonamides is 1. The number of piperidine rings is 1. The van der Waals surface area contributed by atoms with Crippen LogP contribution in [0.2, 0.25) is 0 Å². The highest BCUT2D eigenvalue weighted by Gasteiger charge is 2.33. The van der Waals surface area contributed by atoms with Gasteiger partial charge in [0, 0.05) is 38.1 Å². The van der Waals surface area contributed by atoms with Gasteiger partial charge in [0.25, 0.3) is 0 Å². The van der Waals surface area contributed by atoms with Gasteiger partial charge in [-0.3, -0.25) is 9.78 Å². The molecule has 0 radical (unpaired) electrons. The third-order valence-corrected chi connectivity index (χ3v) is 6.82. The Hall–Kier alpha value is -2.65. The minimum atomic E-state index is -3.74. The van der Waals surface area contributed by atoms with Crippen molar-refractivity contribution >= 4 is 15.9 Å². The zero-order valence-corrected chi connectivity index (χ0v) is 17.3. The van der Waals surface area contributed by atoms with Crippen LogP contribution in [0.15, 0.2) is 47.6 Å². The van der Waals surface area contributed by atoms with Gasteiger partial charge in [-0.25, -0.2) is 8.42 Å². The fourth-order valence-electron chi connectivity index (χ4n) is 3.33. The first-order valence-corrected chi connectivity index (χ1v) is 10.8. The van der Waals surface area contributed by atoms with Gasteiger partial charge in [0.05, 0.1) is 25.0 Å². The molecule has 1 unspecified atom stereocenters. The van der Waals surface area contributed by atoms with Crippen molar-refractivity contribution in [3.05, 3.63) is 48.3 Å². The van der Waals surface area contributed by atoms with Crippen molar-refractivity contribution in [2.45, 2.75) is 24.3 Å². The summed E-state index contributed by atoms with van der Waals surface area (Å²) in [6.07, 6.45) is 4.61. The Morgan fingerprint density at radius 3 is 2.59 bits per heavy atom. The number of nitrogens with zero attached hydrogens (tertiary/aromatic N) is 2. The second kappa shape index (κ2) is 9.23. The fraction of sp³-hybridized carbons (Fsp3) is 0.400. The largest absolute Gasteiger partial charge is 0.493 e. The molecule has 29 heavy (non-hydrogen) atoms. The Morgan fingerprint density at radius 2 is 1.90 bits per heavy atom. The van der Waals surface area contributed by atoms with E-state index in [1.165, 1.54) is 30.7 Å². The Bertz CT molecular complexity index is 950. The maximum absolute atomic E-state index is 13.1. The van der Waals surface area contributed by atoms with Gasteiger partial charge in [-0.1, -0.05) is 0 Å². The molecular formula is C20H25N3O5S. The third-order valence-electron chi connectivity index (χ3n) is 4.96. The first-order valence-electron chi connectivity index (χ1n) is 9.34. The number of aromatic nitrogens is 1. The lowest BCUT2D eigenvalue weighted by Crippen LogP contribution is -2.45. The standard InChI is InChI=1S/C20H25N3O5S/c1-27-18-6-5-17(12-19(18)28-2)29(25,26)23-11-3-4-16(14-23)20(24)22-13-15-7-9-21-10-8-15/h5-10,12,16H,3-4,11,13-14H2,1-2H3,(H,22,24). The maximum atomic E-state index is 13.1. The number of nitrogens with one attached hydrogen (secondary N) is 1. The molecule has 8 nitrogen and oxygen atoms in total. The molecule has 9 heteroatoms. The lowest BCUT2D eigenvalue weighted by molar-refractivity contribution is -0.126. The van der Waals surface area contributed by atoms with Gasteiger partial charge in [-0.15, -0.1) is 0 Å². The topological polar surface area (TPSA) is 97.8 Å². The zero-order chi connectivity index (χ0) is 20.9. The van der Waals surface area contributed by atoms with E-state index in [2.05, 4.69) is 10.3 Å². The summed E-state index contributed by atoms with van der Waals surface area (Å²) in [7, 11) is -0.795. The molecule has 1 aliphatic rings. The van der Waals surface area contributed by atoms with Crippen molar-refractivity contribution < 1.29 is 22.7 Å². The van der Waals surface area contributed by atoms with Crippen LogP contribution in [0.1, 0.15) is 18.4 Å². The van der Waals surface area contributed by atoms with E-state index in [1.54, 1.807) is 18.5 Å². The summed E-state index contributed by atoms with van der Waals surface area (Å²) in [5.41, 5.74) is 0.943. The number of rotatable bonds is 7. The summed E-state index contributed by atoms with van der Waals surface area (Å²) in [4.78, 5) is 16.6. The van der Waals surface area contributed by atoms with Crippen LogP contribution in [0, 0.1) is 5.92 Å². The Balaban J connectivity index is 1.70. The summed E-state index contributed by atoms with van der Waals surface area (Å²) < 4.78 is 37.9. The molecule has 1 aliphatic heterocycles. The summed E-state index contributed by atoms with van der Waals surface area (Å²) in [5, 5.41) is 2.89. The van der Waals surface area contributed by atoms with Gasteiger partial charge in [-0.05, 0) is 42.7 Å². The maximum Gasteiger partial charge on any atom is 0.243 e. The van der Waals surface area contributed by atoms with Crippen LogP contribution in [0.3, 0.4) is 0 Å². The number of amides is 1. The lowest BCUT2D eigenvalue weighted by Gasteiger charge is -2.31. The number of pyridine rings is 1. The molecule has 1 fully saturated rings. The van der Waals surface area contributed by atoms with E-state index in [-0.39, 0.29) is 23.3 Å². The van der Waals surface area contributed by atoms with Crippen molar-refractivity contribution in [3.8, 4) is 11.5 Å². The summed E-state index contributed by atoms with van der Waals surface area (Å²) in [6.45, 7) is 0.921. The van der Waals surface area contributed by atoms with E-state index in [0.29, 0.717) is 37.4 Å². The van der Waals surface area contributed by atoms with E-state index >= 15 is 0 Å². The average molecular weight is 420 g/mol. The molecule has 1 N–H and O–H groups in total. The van der Waals surface area contributed by atoms with Gasteiger partial charge >= 0.3 is 0 Å². The SMILES string of the molecule is COc1ccc(S(=O)(=O)N2CCCC(C(=O)NCc3ccncc3)C2)cc1OC. The van der Waals surface area contributed by atoms with E-state index in [1.807, 2.05) is 12.1 Å². The second-order valence-corrected chi connectivity index (χ2v) is 8.73. The highest BCUT2D eigenvalue weighted by molar-refractivity contribution is 7.89. The van der Waals surface area contributed by atoms with Crippen LogP contribution < -0.4 is 14.8 Å². The van der Waals surface area contributed by atoms with Gasteiger partial charge < -0.3 is 14.8 Å². The van der Waals surface area contributed by atoms with Gasteiger partial charge in [0.2, 0.25) is 15.9 Å². The van der Waals surface area contributed by atoms with Crippen LogP contribution in [-0.2, 0) is 21.4 Å². The predicted octanol–water partition coefficient (Wildman–Crippen LogP) is 1.82. The van der Waals surface area contributed by atoms with Gasteiger partial charge in [-0.2, -0.15) is 4.31 Å². The van der Waals surface area contributed by atoms with E-state index in [0.717, 1.165) is 5.56 Å². The second-order valence-electron chi connectivity index (χ2n) is 6.79. The molecule has 0 spiro atoms. The Kier molecular flexibility index (Phi) is 6.71. The zero-order valence-electron chi connectivity index (χ0n) is 16.5. The van der Waals surface area contributed by atoms with Gasteiger partial charge in [0.15, 0.2) is 11.5 Å². The van der Waals surface area contributed by atoms with Crippen molar-refractivity contribution in [3.63, 3.8) is 0 Å². The first-order chi connectivity index (χ1) is 14.0. The van der Waals surface area contributed by atoms with Crippen LogP contribution in [0.25, 0.3) is 0 Å². The molecule has 2 aromatic rings. The van der Waals surface area contributed by atoms with E-state index < -0.39 is 10.0 Å². The molecule has 1 aromatic heterocycles. The molecule has 1 amide bonds. The molecule has 0 bridgehead atoms. The highest BCUT2D eigenvalue weighted by Crippen LogP contribution is 2.32. The van der Waals surface area contributed by atoms with Crippen molar-refractivity contribution in [2.75, 3.05) is 27.3 Å². The number of carbonyl (C=O) groups excluding carboxylic acids is 1. The number of carbonyl (C=O) groups is 1. The number of methoxy groups -OCH3 is 2.